The molecule has 0 bridgehead atoms. The van der Waals surface area contributed by atoms with E-state index in [0.717, 1.165) is 5.56 Å². The highest BCUT2D eigenvalue weighted by Gasteiger charge is 2.34. The van der Waals surface area contributed by atoms with Gasteiger partial charge in [0.2, 0.25) is 0 Å². The average Bonchev–Trinajstić information content (AvgIpc) is 2.50. The third-order valence-electron chi connectivity index (χ3n) is 3.13. The summed E-state index contributed by atoms with van der Waals surface area (Å²) in [5.41, 5.74) is 3.57. The van der Waals surface area contributed by atoms with Crippen molar-refractivity contribution in [3.05, 3.63) is 34.9 Å². The SMILES string of the molecule is Cc1cc(C)cc(CCN2C(=O)NC(C)C2=O)c1. The Hall–Kier alpha value is -1.84. The van der Waals surface area contributed by atoms with E-state index < -0.39 is 6.04 Å². The van der Waals surface area contributed by atoms with Crippen molar-refractivity contribution in [3.63, 3.8) is 0 Å². The minimum absolute atomic E-state index is 0.135. The van der Waals surface area contributed by atoms with Crippen molar-refractivity contribution < 1.29 is 9.59 Å². The lowest BCUT2D eigenvalue weighted by molar-refractivity contribution is -0.127. The first kappa shape index (κ1) is 12.6. The minimum Gasteiger partial charge on any atom is -0.326 e. The molecular weight excluding hydrogens is 228 g/mol. The molecule has 18 heavy (non-hydrogen) atoms. The Morgan fingerprint density at radius 3 is 2.28 bits per heavy atom. The molecule has 0 aromatic heterocycles. The normalized spacial score (nSPS) is 19.3. The van der Waals surface area contributed by atoms with Gasteiger partial charge >= 0.3 is 6.03 Å². The molecule has 4 nitrogen and oxygen atoms in total. The van der Waals surface area contributed by atoms with E-state index in [-0.39, 0.29) is 11.9 Å². The second-order valence-electron chi connectivity index (χ2n) is 4.91. The predicted molar refractivity (Wildman–Crippen MR) is 69.3 cm³/mol. The summed E-state index contributed by atoms with van der Waals surface area (Å²) in [6.45, 7) is 6.24. The molecule has 0 spiro atoms. The van der Waals surface area contributed by atoms with Crippen molar-refractivity contribution in [1.29, 1.82) is 0 Å². The third kappa shape index (κ3) is 2.53. The Morgan fingerprint density at radius 2 is 1.78 bits per heavy atom. The number of amides is 3. The standard InChI is InChI=1S/C14H18N2O2/c1-9-6-10(2)8-12(7-9)4-5-16-13(17)11(3)15-14(16)18/h6-8,11H,4-5H2,1-3H3,(H,15,18). The summed E-state index contributed by atoms with van der Waals surface area (Å²) >= 11 is 0. The van der Waals surface area contributed by atoms with Gasteiger partial charge < -0.3 is 5.32 Å². The lowest BCUT2D eigenvalue weighted by atomic mass is 10.0. The summed E-state index contributed by atoms with van der Waals surface area (Å²) in [7, 11) is 0. The Kier molecular flexibility index (Phi) is 3.36. The van der Waals surface area contributed by atoms with Crippen LogP contribution in [-0.2, 0) is 11.2 Å². The van der Waals surface area contributed by atoms with Gasteiger partial charge in [0.25, 0.3) is 5.91 Å². The second-order valence-corrected chi connectivity index (χ2v) is 4.91. The molecular formula is C14H18N2O2. The summed E-state index contributed by atoms with van der Waals surface area (Å²) in [4.78, 5) is 24.6. The predicted octanol–water partition coefficient (Wildman–Crippen LogP) is 1.79. The van der Waals surface area contributed by atoms with Crippen LogP contribution in [0.3, 0.4) is 0 Å². The summed E-state index contributed by atoms with van der Waals surface area (Å²) < 4.78 is 0. The van der Waals surface area contributed by atoms with E-state index in [4.69, 9.17) is 0 Å². The number of nitrogens with zero attached hydrogens (tertiary/aromatic N) is 1. The van der Waals surface area contributed by atoms with Crippen LogP contribution >= 0.6 is 0 Å². The number of urea groups is 1. The van der Waals surface area contributed by atoms with Gasteiger partial charge in [0, 0.05) is 6.54 Å². The van der Waals surface area contributed by atoms with Crippen LogP contribution in [0.2, 0.25) is 0 Å². The van der Waals surface area contributed by atoms with Crippen LogP contribution in [0.1, 0.15) is 23.6 Å². The van der Waals surface area contributed by atoms with Crippen LogP contribution in [0.25, 0.3) is 0 Å². The smallest absolute Gasteiger partial charge is 0.324 e. The maximum Gasteiger partial charge on any atom is 0.324 e. The van der Waals surface area contributed by atoms with Crippen molar-refractivity contribution in [2.45, 2.75) is 33.2 Å². The van der Waals surface area contributed by atoms with E-state index >= 15 is 0 Å². The summed E-state index contributed by atoms with van der Waals surface area (Å²) in [6, 6.07) is 5.62. The Morgan fingerprint density at radius 1 is 1.17 bits per heavy atom. The van der Waals surface area contributed by atoms with E-state index in [9.17, 15) is 9.59 Å². The zero-order valence-corrected chi connectivity index (χ0v) is 11.0. The van der Waals surface area contributed by atoms with Gasteiger partial charge in [-0.25, -0.2) is 4.79 Å². The number of imide groups is 1. The maximum atomic E-state index is 11.7. The highest BCUT2D eigenvalue weighted by atomic mass is 16.2. The van der Waals surface area contributed by atoms with Crippen molar-refractivity contribution >= 4 is 11.9 Å². The zero-order valence-electron chi connectivity index (χ0n) is 11.0. The molecule has 2 rings (SSSR count). The Labute approximate surface area is 107 Å². The molecule has 1 aliphatic heterocycles. The number of rotatable bonds is 3. The quantitative estimate of drug-likeness (QED) is 0.827. The highest BCUT2D eigenvalue weighted by Crippen LogP contribution is 2.12. The van der Waals surface area contributed by atoms with Crippen LogP contribution in [0.5, 0.6) is 0 Å². The number of benzene rings is 1. The number of aryl methyl sites for hydroxylation is 2. The lowest BCUT2D eigenvalue weighted by Gasteiger charge is -2.13. The molecule has 1 aromatic rings. The van der Waals surface area contributed by atoms with Gasteiger partial charge in [-0.15, -0.1) is 0 Å². The number of hydrogen-bond acceptors (Lipinski definition) is 2. The van der Waals surface area contributed by atoms with Crippen molar-refractivity contribution in [2.24, 2.45) is 0 Å². The first-order valence-electron chi connectivity index (χ1n) is 6.16. The number of hydrogen-bond donors (Lipinski definition) is 1. The van der Waals surface area contributed by atoms with Gasteiger partial charge in [-0.05, 0) is 32.8 Å². The van der Waals surface area contributed by atoms with E-state index in [1.807, 2.05) is 13.8 Å². The lowest BCUT2D eigenvalue weighted by Crippen LogP contribution is -2.33. The van der Waals surface area contributed by atoms with E-state index in [1.54, 1.807) is 6.92 Å². The molecule has 1 atom stereocenters. The summed E-state index contributed by atoms with van der Waals surface area (Å²) in [5, 5.41) is 2.61. The molecule has 1 unspecified atom stereocenters. The van der Waals surface area contributed by atoms with Crippen LogP contribution in [0, 0.1) is 13.8 Å². The molecule has 1 aromatic carbocycles. The molecule has 1 fully saturated rings. The molecule has 0 saturated carbocycles. The van der Waals surface area contributed by atoms with Crippen molar-refractivity contribution in [3.8, 4) is 0 Å². The summed E-state index contributed by atoms with van der Waals surface area (Å²) in [6.07, 6.45) is 0.703. The summed E-state index contributed by atoms with van der Waals surface area (Å²) in [5.74, 6) is -0.135. The van der Waals surface area contributed by atoms with Crippen LogP contribution in [-0.4, -0.2) is 29.4 Å². The molecule has 3 amide bonds. The van der Waals surface area contributed by atoms with Crippen molar-refractivity contribution in [2.75, 3.05) is 6.54 Å². The van der Waals surface area contributed by atoms with E-state index in [0.29, 0.717) is 13.0 Å². The van der Waals surface area contributed by atoms with Gasteiger partial charge in [0.1, 0.15) is 6.04 Å². The second kappa shape index (κ2) is 4.80. The first-order valence-corrected chi connectivity index (χ1v) is 6.16. The zero-order chi connectivity index (χ0) is 13.3. The van der Waals surface area contributed by atoms with Crippen LogP contribution in [0.4, 0.5) is 4.79 Å². The molecule has 96 valence electrons. The molecule has 0 aliphatic carbocycles. The highest BCUT2D eigenvalue weighted by molar-refractivity contribution is 6.03. The topological polar surface area (TPSA) is 49.4 Å². The maximum absolute atomic E-state index is 11.7. The van der Waals surface area contributed by atoms with E-state index in [2.05, 4.69) is 23.5 Å². The van der Waals surface area contributed by atoms with Crippen molar-refractivity contribution in [1.82, 2.24) is 10.2 Å². The monoisotopic (exact) mass is 246 g/mol. The van der Waals surface area contributed by atoms with Gasteiger partial charge in [0.15, 0.2) is 0 Å². The van der Waals surface area contributed by atoms with Crippen LogP contribution < -0.4 is 5.32 Å². The molecule has 1 saturated heterocycles. The average molecular weight is 246 g/mol. The molecule has 4 heteroatoms. The minimum atomic E-state index is -0.392. The fourth-order valence-corrected chi connectivity index (χ4v) is 2.32. The molecule has 1 aliphatic rings. The fourth-order valence-electron chi connectivity index (χ4n) is 2.32. The Bertz CT molecular complexity index is 476. The number of carbonyl (C=O) groups is 2. The third-order valence-corrected chi connectivity index (χ3v) is 3.13. The van der Waals surface area contributed by atoms with E-state index in [1.165, 1.54) is 16.0 Å². The van der Waals surface area contributed by atoms with Crippen LogP contribution in [0.15, 0.2) is 18.2 Å². The largest absolute Gasteiger partial charge is 0.326 e. The first-order chi connectivity index (χ1) is 8.47. The fraction of sp³-hybridized carbons (Fsp3) is 0.429. The van der Waals surface area contributed by atoms with Gasteiger partial charge in [-0.2, -0.15) is 0 Å². The molecule has 1 N–H and O–H groups in total. The number of carbonyl (C=O) groups excluding carboxylic acids is 2. The van der Waals surface area contributed by atoms with Gasteiger partial charge in [0.05, 0.1) is 0 Å². The van der Waals surface area contributed by atoms with Gasteiger partial charge in [-0.3, -0.25) is 9.69 Å². The Balaban J connectivity index is 2.03. The molecule has 0 radical (unpaired) electrons. The molecule has 1 heterocycles. The number of nitrogens with one attached hydrogen (secondary N) is 1. The van der Waals surface area contributed by atoms with Gasteiger partial charge in [-0.1, -0.05) is 29.3 Å².